The number of nitrogen functional groups attached to an aromatic ring is 1. The van der Waals surface area contributed by atoms with Gasteiger partial charge in [-0.2, -0.15) is 0 Å². The second kappa shape index (κ2) is 10.4. The molecule has 0 saturated heterocycles. The zero-order valence-electron chi connectivity index (χ0n) is 20.2. The van der Waals surface area contributed by atoms with Crippen molar-refractivity contribution in [2.75, 3.05) is 16.4 Å². The molecule has 2 aromatic heterocycles. The molecule has 186 valence electrons. The lowest BCUT2D eigenvalue weighted by Gasteiger charge is -2.29. The van der Waals surface area contributed by atoms with Crippen LogP contribution in [0, 0.1) is 0 Å². The summed E-state index contributed by atoms with van der Waals surface area (Å²) in [7, 11) is 0. The van der Waals surface area contributed by atoms with E-state index in [0.29, 0.717) is 12.6 Å². The number of nitrogens with one attached hydrogen (secondary N) is 1. The predicted molar refractivity (Wildman–Crippen MR) is 133 cm³/mol. The summed E-state index contributed by atoms with van der Waals surface area (Å²) in [5, 5.41) is 9.47. The van der Waals surface area contributed by atoms with E-state index in [1.165, 1.54) is 16.3 Å². The molecule has 0 radical (unpaired) electrons. The maximum absolute atomic E-state index is 13.6. The van der Waals surface area contributed by atoms with E-state index < -0.39 is 11.2 Å². The lowest BCUT2D eigenvalue weighted by Crippen LogP contribution is -2.46. The number of aromatic amines is 1. The summed E-state index contributed by atoms with van der Waals surface area (Å²) < 4.78 is 3.54. The summed E-state index contributed by atoms with van der Waals surface area (Å²) in [6.07, 6.45) is 7.40. The molecule has 11 heteroatoms. The molecule has 4 rings (SSSR count). The first-order chi connectivity index (χ1) is 16.3. The fourth-order valence-electron chi connectivity index (χ4n) is 4.67. The largest absolute Gasteiger partial charge is 0.383 e. The fourth-order valence-corrected chi connectivity index (χ4v) is 5.55. The highest BCUT2D eigenvalue weighted by Crippen LogP contribution is 2.40. The molecule has 0 spiro atoms. The van der Waals surface area contributed by atoms with Gasteiger partial charge in [-0.3, -0.25) is 19.1 Å². The van der Waals surface area contributed by atoms with Crippen molar-refractivity contribution >= 4 is 29.2 Å². The van der Waals surface area contributed by atoms with Crippen LogP contribution in [0.25, 0.3) is 0 Å². The Hall–Kier alpha value is -2.56. The summed E-state index contributed by atoms with van der Waals surface area (Å²) in [4.78, 5) is 42.9. The quantitative estimate of drug-likeness (QED) is 0.490. The second-order valence-corrected chi connectivity index (χ2v) is 10.5. The van der Waals surface area contributed by atoms with Gasteiger partial charge in [-0.05, 0) is 32.1 Å². The topological polar surface area (TPSA) is 132 Å². The number of hydrogen-bond acceptors (Lipinski definition) is 7. The van der Waals surface area contributed by atoms with Crippen LogP contribution in [0.1, 0.15) is 89.9 Å². The molecule has 0 aromatic carbocycles. The molecule has 0 atom stereocenters. The minimum atomic E-state index is -0.608. The van der Waals surface area contributed by atoms with Gasteiger partial charge in [0.1, 0.15) is 11.6 Å². The van der Waals surface area contributed by atoms with Gasteiger partial charge in [-0.1, -0.05) is 51.8 Å². The highest BCUT2D eigenvalue weighted by molar-refractivity contribution is 7.99. The molecule has 2 aromatic rings. The molecule has 10 nitrogen and oxygen atoms in total. The van der Waals surface area contributed by atoms with E-state index in [1.807, 2.05) is 6.92 Å². The van der Waals surface area contributed by atoms with E-state index in [2.05, 4.69) is 33.6 Å². The van der Waals surface area contributed by atoms with Gasteiger partial charge in [0.05, 0.1) is 5.75 Å². The molecular weight excluding hydrogens is 454 g/mol. The number of rotatable bonds is 10. The molecule has 3 N–H and O–H groups in total. The van der Waals surface area contributed by atoms with Gasteiger partial charge in [0.25, 0.3) is 5.56 Å². The van der Waals surface area contributed by atoms with Crippen LogP contribution in [0.5, 0.6) is 0 Å². The van der Waals surface area contributed by atoms with Crippen molar-refractivity contribution in [3.8, 4) is 0 Å². The Labute approximate surface area is 203 Å². The number of nitrogens with two attached hydrogens (primary N) is 1. The Morgan fingerprint density at radius 2 is 1.91 bits per heavy atom. The van der Waals surface area contributed by atoms with Crippen LogP contribution in [0.15, 0.2) is 14.7 Å². The molecule has 2 heterocycles. The van der Waals surface area contributed by atoms with Crippen LogP contribution in [-0.4, -0.2) is 42.0 Å². The number of unbranched alkanes of at least 4 members (excludes halogenated alkanes) is 1. The van der Waals surface area contributed by atoms with Crippen LogP contribution in [-0.2, 0) is 11.3 Å². The smallest absolute Gasteiger partial charge is 0.330 e. The number of carbonyl (C=O) groups excluding carboxylic acids is 1. The van der Waals surface area contributed by atoms with Crippen LogP contribution >= 0.6 is 11.8 Å². The molecule has 2 saturated carbocycles. The van der Waals surface area contributed by atoms with E-state index in [1.54, 1.807) is 4.90 Å². The Bertz CT molecular complexity index is 1140. The first-order valence-electron chi connectivity index (χ1n) is 12.4. The molecule has 0 unspecified atom stereocenters. The van der Waals surface area contributed by atoms with Crippen LogP contribution in [0.2, 0.25) is 0 Å². The van der Waals surface area contributed by atoms with Gasteiger partial charge in [0.2, 0.25) is 5.91 Å². The molecule has 1 amide bonds. The summed E-state index contributed by atoms with van der Waals surface area (Å²) in [5.74, 6) is 1.17. The molecule has 2 aliphatic carbocycles. The Morgan fingerprint density at radius 1 is 1.21 bits per heavy atom. The fraction of sp³-hybridized carbons (Fsp3) is 0.696. The van der Waals surface area contributed by atoms with Crippen molar-refractivity contribution in [1.82, 2.24) is 24.3 Å². The summed E-state index contributed by atoms with van der Waals surface area (Å²) in [5.41, 5.74) is 5.32. The van der Waals surface area contributed by atoms with Gasteiger partial charge in [-0.25, -0.2) is 4.79 Å². The van der Waals surface area contributed by atoms with Crippen LogP contribution < -0.4 is 21.9 Å². The van der Waals surface area contributed by atoms with Gasteiger partial charge in [0.15, 0.2) is 10.8 Å². The zero-order chi connectivity index (χ0) is 24.4. The Balaban J connectivity index is 1.64. The van der Waals surface area contributed by atoms with Crippen LogP contribution in [0.3, 0.4) is 0 Å². The Morgan fingerprint density at radius 3 is 2.53 bits per heavy atom. The first kappa shape index (κ1) is 24.6. The van der Waals surface area contributed by atoms with Gasteiger partial charge in [0, 0.05) is 24.5 Å². The second-order valence-electron chi connectivity index (χ2n) is 9.59. The molecule has 2 fully saturated rings. The van der Waals surface area contributed by atoms with Crippen molar-refractivity contribution in [3.05, 3.63) is 26.7 Å². The molecule has 0 bridgehead atoms. The molecule has 2 aliphatic rings. The van der Waals surface area contributed by atoms with E-state index in [-0.39, 0.29) is 35.1 Å². The van der Waals surface area contributed by atoms with E-state index in [9.17, 15) is 14.4 Å². The monoisotopic (exact) mass is 489 g/mol. The van der Waals surface area contributed by atoms with Gasteiger partial charge < -0.3 is 15.2 Å². The van der Waals surface area contributed by atoms with Gasteiger partial charge in [-0.15, -0.1) is 10.2 Å². The average molecular weight is 490 g/mol. The molecule has 34 heavy (non-hydrogen) atoms. The molecule has 0 aliphatic heterocycles. The predicted octanol–water partition coefficient (Wildman–Crippen LogP) is 3.04. The van der Waals surface area contributed by atoms with Gasteiger partial charge >= 0.3 is 5.69 Å². The highest BCUT2D eigenvalue weighted by atomic mass is 32.2. The third-order valence-corrected chi connectivity index (χ3v) is 7.52. The van der Waals surface area contributed by atoms with Crippen molar-refractivity contribution in [2.24, 2.45) is 0 Å². The average Bonchev–Trinajstić information content (AvgIpc) is 3.31. The normalized spacial score (nSPS) is 16.5. The third-order valence-electron chi connectivity index (χ3n) is 6.59. The van der Waals surface area contributed by atoms with Crippen molar-refractivity contribution in [2.45, 2.75) is 102 Å². The number of carbonyl (C=O) groups is 1. The number of H-pyrrole nitrogens is 1. The maximum Gasteiger partial charge on any atom is 0.330 e. The van der Waals surface area contributed by atoms with Crippen molar-refractivity contribution in [3.63, 3.8) is 0 Å². The van der Waals surface area contributed by atoms with E-state index >= 15 is 0 Å². The summed E-state index contributed by atoms with van der Waals surface area (Å²) in [6.45, 7) is 6.60. The minimum Gasteiger partial charge on any atom is -0.383 e. The van der Waals surface area contributed by atoms with Crippen molar-refractivity contribution < 1.29 is 4.79 Å². The zero-order valence-corrected chi connectivity index (χ0v) is 21.1. The SMILES string of the molecule is CCCCn1c(N)c(N(C(=O)CSc2nnc(C(C)C)n2C2CC2)C2CCCC2)c(=O)[nH]c1=O. The summed E-state index contributed by atoms with van der Waals surface area (Å²) >= 11 is 1.35. The van der Waals surface area contributed by atoms with E-state index in [0.717, 1.165) is 62.3 Å². The lowest BCUT2D eigenvalue weighted by atomic mass is 10.2. The number of nitrogens with zero attached hydrogens (tertiary/aromatic N) is 5. The highest BCUT2D eigenvalue weighted by Gasteiger charge is 2.34. The minimum absolute atomic E-state index is 0.0655. The number of amides is 1. The summed E-state index contributed by atoms with van der Waals surface area (Å²) in [6, 6.07) is 0.290. The number of aromatic nitrogens is 5. The number of hydrogen-bond donors (Lipinski definition) is 2. The number of anilines is 2. The molecular formula is C23H35N7O3S. The van der Waals surface area contributed by atoms with E-state index in [4.69, 9.17) is 5.73 Å². The Kier molecular flexibility index (Phi) is 7.49. The van der Waals surface area contributed by atoms with Crippen LogP contribution in [0.4, 0.5) is 11.5 Å². The first-order valence-corrected chi connectivity index (χ1v) is 13.3. The maximum atomic E-state index is 13.6. The van der Waals surface area contributed by atoms with Crippen molar-refractivity contribution in [1.29, 1.82) is 0 Å². The third kappa shape index (κ3) is 4.94. The standard InChI is InChI=1S/C23H35N7O3S/c1-4-5-12-28-19(24)18(21(32)25-22(28)33)29(15-8-6-7-9-15)17(31)13-34-23-27-26-20(14(2)3)30(23)16-10-11-16/h14-16H,4-13,24H2,1-3H3,(H,25,32,33). The number of thioether (sulfide) groups is 1. The lowest BCUT2D eigenvalue weighted by molar-refractivity contribution is -0.116.